The van der Waals surface area contributed by atoms with Crippen LogP contribution in [0, 0.1) is 0 Å². The van der Waals surface area contributed by atoms with Crippen molar-refractivity contribution < 1.29 is 41.1 Å². The number of hydrogen-bond donors (Lipinski definition) is 3. The number of unbranched alkanes of at least 4 members (excludes halogenated alkanes) is 33. The van der Waals surface area contributed by atoms with E-state index in [-0.39, 0.29) is 19.3 Å². The first kappa shape index (κ1) is 53.8. The van der Waals surface area contributed by atoms with E-state index in [1.54, 1.807) is 0 Å². The third kappa shape index (κ3) is 43.8. The Kier molecular flexibility index (Phi) is 44.5. The van der Waals surface area contributed by atoms with Crippen LogP contribution in [0.25, 0.3) is 0 Å². The summed E-state index contributed by atoms with van der Waals surface area (Å²) in [5.74, 6) is -1.35. The molecule has 9 nitrogen and oxygen atoms in total. The first-order valence-electron chi connectivity index (χ1n) is 23.4. The van der Waals surface area contributed by atoms with E-state index in [4.69, 9.17) is 26.7 Å². The molecule has 0 spiro atoms. The van der Waals surface area contributed by atoms with E-state index in [1.807, 2.05) is 0 Å². The molecule has 0 fully saturated rings. The van der Waals surface area contributed by atoms with Gasteiger partial charge in [-0.3, -0.25) is 14.4 Å². The van der Waals surface area contributed by atoms with Crippen LogP contribution >= 0.6 is 0 Å². The molecule has 0 aromatic carbocycles. The van der Waals surface area contributed by atoms with E-state index in [2.05, 4.69) is 0 Å². The van der Waals surface area contributed by atoms with E-state index >= 15 is 0 Å². The topological polar surface area (TPSA) is 140 Å². The van der Waals surface area contributed by atoms with Crippen molar-refractivity contribution in [1.29, 1.82) is 0 Å². The van der Waals surface area contributed by atoms with Crippen LogP contribution in [0.3, 0.4) is 0 Å². The van der Waals surface area contributed by atoms with Crippen molar-refractivity contribution in [2.24, 2.45) is 0 Å². The first-order chi connectivity index (χ1) is 27.0. The molecule has 10 heteroatoms. The van der Waals surface area contributed by atoms with Crippen molar-refractivity contribution in [3.05, 3.63) is 0 Å². The SMILES string of the molecule is O=C(CCCCCCCCCCCCCCO)[O][Al]([O]C(=O)CCCCCCCCCCCCCCO)[O]C(=O)CCCCCCCCCCCCCCO. The van der Waals surface area contributed by atoms with E-state index < -0.39 is 33.1 Å². The van der Waals surface area contributed by atoms with Gasteiger partial charge in [0.1, 0.15) is 0 Å². The highest BCUT2D eigenvalue weighted by Crippen LogP contribution is 2.16. The molecule has 0 bridgehead atoms. The Morgan fingerprint density at radius 3 is 0.564 bits per heavy atom. The van der Waals surface area contributed by atoms with Crippen LogP contribution in [-0.4, -0.2) is 68.2 Å². The van der Waals surface area contributed by atoms with Gasteiger partial charge in [0.25, 0.3) is 17.9 Å². The summed E-state index contributed by atoms with van der Waals surface area (Å²) in [7, 11) is 0. The van der Waals surface area contributed by atoms with Gasteiger partial charge in [-0.25, -0.2) is 0 Å². The van der Waals surface area contributed by atoms with Crippen LogP contribution in [0.15, 0.2) is 0 Å². The van der Waals surface area contributed by atoms with Crippen molar-refractivity contribution in [2.45, 2.75) is 250 Å². The van der Waals surface area contributed by atoms with Crippen LogP contribution in [0.5, 0.6) is 0 Å². The quantitative estimate of drug-likeness (QED) is 0.0406. The smallest absolute Gasteiger partial charge is 0.551 e. The molecule has 0 aliphatic carbocycles. The minimum Gasteiger partial charge on any atom is -0.551 e. The van der Waals surface area contributed by atoms with Gasteiger partial charge < -0.3 is 26.7 Å². The lowest BCUT2D eigenvalue weighted by Crippen LogP contribution is -2.34. The summed E-state index contributed by atoms with van der Waals surface area (Å²) in [6.07, 6.45) is 40.8. The first-order valence-corrected chi connectivity index (χ1v) is 24.9. The van der Waals surface area contributed by atoms with Gasteiger partial charge in [-0.2, -0.15) is 0 Å². The van der Waals surface area contributed by atoms with Gasteiger partial charge in [0, 0.05) is 39.1 Å². The van der Waals surface area contributed by atoms with E-state index in [1.165, 1.54) is 116 Å². The summed E-state index contributed by atoms with van der Waals surface area (Å²) >= 11 is -3.27. The number of aliphatic hydroxyl groups excluding tert-OH is 3. The summed E-state index contributed by atoms with van der Waals surface area (Å²) in [6, 6.07) is 0. The Balaban J connectivity index is 4.33. The average Bonchev–Trinajstić information content (AvgIpc) is 3.17. The molecule has 55 heavy (non-hydrogen) atoms. The maximum absolute atomic E-state index is 12.7. The van der Waals surface area contributed by atoms with Gasteiger partial charge in [-0.05, 0) is 38.5 Å². The third-order valence-electron chi connectivity index (χ3n) is 10.6. The Morgan fingerprint density at radius 1 is 0.255 bits per heavy atom. The van der Waals surface area contributed by atoms with Gasteiger partial charge in [-0.15, -0.1) is 0 Å². The second-order valence-electron chi connectivity index (χ2n) is 15.9. The molecule has 324 valence electrons. The van der Waals surface area contributed by atoms with Crippen LogP contribution in [0.1, 0.15) is 250 Å². The fourth-order valence-corrected chi connectivity index (χ4v) is 8.16. The standard InChI is InChI=1S/3C15H30O3.Al/c3*16-14-12-10-8-6-4-2-1-3-5-7-9-11-13-15(17)18;/h3*16H,1-14H2,(H,17,18);/q;;;+3/p-3. The van der Waals surface area contributed by atoms with Gasteiger partial charge in [0.2, 0.25) is 0 Å². The number of aliphatic hydroxyl groups is 3. The minimum absolute atomic E-state index is 0.236. The van der Waals surface area contributed by atoms with Crippen molar-refractivity contribution >= 4 is 33.1 Å². The van der Waals surface area contributed by atoms with Gasteiger partial charge in [0.15, 0.2) is 0 Å². The molecule has 0 rings (SSSR count). The zero-order valence-corrected chi connectivity index (χ0v) is 36.7. The van der Waals surface area contributed by atoms with E-state index in [0.717, 1.165) is 96.3 Å². The summed E-state index contributed by atoms with van der Waals surface area (Å²) < 4.78 is 16.5. The molecule has 0 atom stereocenters. The molecule has 0 aromatic heterocycles. The molecule has 3 N–H and O–H groups in total. The highest BCUT2D eigenvalue weighted by molar-refractivity contribution is 6.44. The van der Waals surface area contributed by atoms with Crippen molar-refractivity contribution in [3.63, 3.8) is 0 Å². The predicted octanol–water partition coefficient (Wildman–Crippen LogP) is 11.8. The molecule has 0 unspecified atom stereocenters. The summed E-state index contributed by atoms with van der Waals surface area (Å²) in [4.78, 5) is 38.1. The zero-order chi connectivity index (χ0) is 40.1. The number of hydrogen-bond acceptors (Lipinski definition) is 9. The summed E-state index contributed by atoms with van der Waals surface area (Å²) in [6.45, 7) is 0.897. The Labute approximate surface area is 343 Å². The molecular weight excluding hydrogens is 711 g/mol. The van der Waals surface area contributed by atoms with Crippen LogP contribution in [-0.2, 0) is 25.7 Å². The van der Waals surface area contributed by atoms with Crippen LogP contribution in [0.2, 0.25) is 0 Å². The Hall–Kier alpha value is -1.18. The van der Waals surface area contributed by atoms with Crippen molar-refractivity contribution in [3.8, 4) is 0 Å². The van der Waals surface area contributed by atoms with Crippen LogP contribution < -0.4 is 0 Å². The van der Waals surface area contributed by atoms with E-state index in [9.17, 15) is 14.4 Å². The Bertz CT molecular complexity index is 724. The lowest BCUT2D eigenvalue weighted by Gasteiger charge is -2.14. The fourth-order valence-electron chi connectivity index (χ4n) is 7.02. The third-order valence-corrected chi connectivity index (χ3v) is 11.9. The zero-order valence-electron chi connectivity index (χ0n) is 35.6. The lowest BCUT2D eigenvalue weighted by molar-refractivity contribution is -0.148. The highest BCUT2D eigenvalue weighted by Gasteiger charge is 2.48. The largest absolute Gasteiger partial charge is 1.20 e. The Morgan fingerprint density at radius 2 is 0.400 bits per heavy atom. The molecule has 0 aromatic rings. The monoisotopic (exact) mass is 799 g/mol. The van der Waals surface area contributed by atoms with Crippen molar-refractivity contribution in [2.75, 3.05) is 19.8 Å². The highest BCUT2D eigenvalue weighted by atomic mass is 27.3. The molecule has 0 radical (unpaired) electrons. The molecule has 0 saturated heterocycles. The van der Waals surface area contributed by atoms with Gasteiger partial charge >= 0.3 is 15.1 Å². The maximum Gasteiger partial charge on any atom is 1.20 e. The fraction of sp³-hybridized carbons (Fsp3) is 0.933. The molecule has 0 amide bonds. The summed E-state index contributed by atoms with van der Waals surface area (Å²) in [5.41, 5.74) is 0. The number of rotatable bonds is 45. The summed E-state index contributed by atoms with van der Waals surface area (Å²) in [5, 5.41) is 26.6. The molecular formula is C45H87AlO9. The average molecular weight is 799 g/mol. The van der Waals surface area contributed by atoms with Gasteiger partial charge in [0.05, 0.1) is 0 Å². The lowest BCUT2D eigenvalue weighted by atomic mass is 10.0. The normalized spacial score (nSPS) is 11.2. The predicted molar refractivity (Wildman–Crippen MR) is 225 cm³/mol. The van der Waals surface area contributed by atoms with Crippen LogP contribution in [0.4, 0.5) is 0 Å². The van der Waals surface area contributed by atoms with E-state index in [0.29, 0.717) is 39.1 Å². The number of carbonyl (C=O) groups excluding carboxylic acids is 3. The maximum atomic E-state index is 12.7. The second-order valence-corrected chi connectivity index (χ2v) is 17.2. The van der Waals surface area contributed by atoms with Gasteiger partial charge in [-0.1, -0.05) is 193 Å². The molecule has 0 saturated carbocycles. The molecule has 0 aliphatic heterocycles. The molecule has 0 heterocycles. The second kappa shape index (κ2) is 45.5. The molecule has 0 aliphatic rings. The minimum atomic E-state index is -3.27. The number of carbonyl (C=O) groups is 3. The van der Waals surface area contributed by atoms with Crippen molar-refractivity contribution in [1.82, 2.24) is 0 Å².